The zero-order valence-electron chi connectivity index (χ0n) is 13.0. The summed E-state index contributed by atoms with van der Waals surface area (Å²) in [6.07, 6.45) is 1.17. The molecule has 0 aliphatic carbocycles. The minimum absolute atomic E-state index is 0.00492. The molecule has 0 bridgehead atoms. The summed E-state index contributed by atoms with van der Waals surface area (Å²) in [6, 6.07) is 17.9. The molecule has 2 heterocycles. The molecule has 1 unspecified atom stereocenters. The Labute approximate surface area is 134 Å². The fraction of sp³-hybridized carbons (Fsp3) is 0.278. The van der Waals surface area contributed by atoms with Gasteiger partial charge in [-0.15, -0.1) is 0 Å². The van der Waals surface area contributed by atoms with Crippen LogP contribution < -0.4 is 0 Å². The predicted molar refractivity (Wildman–Crippen MR) is 87.5 cm³/mol. The molecule has 1 fully saturated rings. The summed E-state index contributed by atoms with van der Waals surface area (Å²) in [7, 11) is 0. The van der Waals surface area contributed by atoms with Crippen LogP contribution in [0.1, 0.15) is 37.5 Å². The molecule has 3 aromatic rings. The van der Waals surface area contributed by atoms with Gasteiger partial charge in [0.1, 0.15) is 17.2 Å². The molecule has 1 aliphatic heterocycles. The summed E-state index contributed by atoms with van der Waals surface area (Å²) < 4.78 is 0. The van der Waals surface area contributed by atoms with E-state index in [1.807, 2.05) is 47.4 Å². The average molecular weight is 306 g/mol. The van der Waals surface area contributed by atoms with Crippen LogP contribution in [0.5, 0.6) is 0 Å². The first-order chi connectivity index (χ1) is 11.2. The van der Waals surface area contributed by atoms with E-state index in [0.717, 1.165) is 23.0 Å². The summed E-state index contributed by atoms with van der Waals surface area (Å²) in [5.74, 6) is 0.160. The number of fused-ring (bicyclic) bond motifs is 1. The van der Waals surface area contributed by atoms with Crippen molar-refractivity contribution in [1.82, 2.24) is 19.9 Å². The second-order valence-electron chi connectivity index (χ2n) is 5.92. The summed E-state index contributed by atoms with van der Waals surface area (Å²) in [4.78, 5) is 16.1. The average Bonchev–Trinajstić information content (AvgIpc) is 3.18. The molecule has 5 nitrogen and oxygen atoms in total. The Kier molecular flexibility index (Phi) is 3.33. The van der Waals surface area contributed by atoms with Crippen molar-refractivity contribution in [2.75, 3.05) is 0 Å². The minimum atomic E-state index is -0.120. The standard InChI is InChI=1S/C18H18N4O/c1-13(14-7-3-2-4-8-14)21-17(11-12-18(21)23)22-19-15-9-5-6-10-16(15)20-22/h2-10,13,17H,11-12H2,1H3/t13-,17?/m0/s1. The number of hydrogen-bond acceptors (Lipinski definition) is 3. The molecule has 0 saturated carbocycles. The SMILES string of the molecule is C[C@@H](c1ccccc1)N1C(=O)CCC1n1nc2ccccc2n1. The molecule has 5 heteroatoms. The Bertz CT molecular complexity index is 809. The maximum Gasteiger partial charge on any atom is 0.224 e. The molecule has 116 valence electrons. The molecule has 0 spiro atoms. The monoisotopic (exact) mass is 306 g/mol. The Morgan fingerprint density at radius 3 is 2.26 bits per heavy atom. The Balaban J connectivity index is 1.71. The number of likely N-dealkylation sites (tertiary alicyclic amines) is 1. The highest BCUT2D eigenvalue weighted by Gasteiger charge is 2.37. The number of carbonyl (C=O) groups excluding carboxylic acids is 1. The third kappa shape index (κ3) is 2.38. The normalized spacial score (nSPS) is 19.4. The lowest BCUT2D eigenvalue weighted by Gasteiger charge is -2.30. The van der Waals surface area contributed by atoms with E-state index in [1.54, 1.807) is 4.80 Å². The van der Waals surface area contributed by atoms with Gasteiger partial charge >= 0.3 is 0 Å². The summed E-state index contributed by atoms with van der Waals surface area (Å²) in [6.45, 7) is 2.06. The summed E-state index contributed by atoms with van der Waals surface area (Å²) >= 11 is 0. The number of carbonyl (C=O) groups is 1. The van der Waals surface area contributed by atoms with Gasteiger partial charge in [-0.25, -0.2) is 0 Å². The zero-order chi connectivity index (χ0) is 15.8. The van der Waals surface area contributed by atoms with Gasteiger partial charge in [-0.1, -0.05) is 42.5 Å². The molecule has 0 N–H and O–H groups in total. The molecular weight excluding hydrogens is 288 g/mol. The van der Waals surface area contributed by atoms with Crippen molar-refractivity contribution in [1.29, 1.82) is 0 Å². The van der Waals surface area contributed by atoms with Gasteiger partial charge in [0.25, 0.3) is 0 Å². The maximum atomic E-state index is 12.4. The highest BCUT2D eigenvalue weighted by molar-refractivity contribution is 5.79. The third-order valence-corrected chi connectivity index (χ3v) is 4.49. The smallest absolute Gasteiger partial charge is 0.224 e. The maximum absolute atomic E-state index is 12.4. The lowest BCUT2D eigenvalue weighted by Crippen LogP contribution is -2.34. The molecule has 2 aromatic carbocycles. The Morgan fingerprint density at radius 1 is 1.00 bits per heavy atom. The largest absolute Gasteiger partial charge is 0.312 e. The fourth-order valence-electron chi connectivity index (χ4n) is 3.29. The predicted octanol–water partition coefficient (Wildman–Crippen LogP) is 3.31. The first-order valence-corrected chi connectivity index (χ1v) is 7.92. The van der Waals surface area contributed by atoms with E-state index in [1.165, 1.54) is 0 Å². The lowest BCUT2D eigenvalue weighted by molar-refractivity contribution is -0.132. The number of amides is 1. The number of rotatable bonds is 3. The van der Waals surface area contributed by atoms with E-state index in [2.05, 4.69) is 29.3 Å². The van der Waals surface area contributed by atoms with Gasteiger partial charge in [0.2, 0.25) is 5.91 Å². The van der Waals surface area contributed by atoms with Crippen LogP contribution >= 0.6 is 0 Å². The quantitative estimate of drug-likeness (QED) is 0.746. The van der Waals surface area contributed by atoms with Crippen LogP contribution in [0.3, 0.4) is 0 Å². The van der Waals surface area contributed by atoms with Gasteiger partial charge in [-0.3, -0.25) is 4.79 Å². The van der Waals surface area contributed by atoms with E-state index in [9.17, 15) is 4.79 Å². The van der Waals surface area contributed by atoms with Gasteiger partial charge in [-0.05, 0) is 31.0 Å². The molecular formula is C18H18N4O. The second-order valence-corrected chi connectivity index (χ2v) is 5.92. The Morgan fingerprint density at radius 2 is 1.61 bits per heavy atom. The van der Waals surface area contributed by atoms with Crippen LogP contribution in [-0.2, 0) is 4.79 Å². The zero-order valence-corrected chi connectivity index (χ0v) is 13.0. The van der Waals surface area contributed by atoms with Gasteiger partial charge in [0, 0.05) is 6.42 Å². The van der Waals surface area contributed by atoms with E-state index < -0.39 is 0 Å². The van der Waals surface area contributed by atoms with Crippen molar-refractivity contribution in [3.8, 4) is 0 Å². The van der Waals surface area contributed by atoms with Crippen molar-refractivity contribution >= 4 is 16.9 Å². The highest BCUT2D eigenvalue weighted by atomic mass is 16.2. The van der Waals surface area contributed by atoms with Gasteiger partial charge in [0.05, 0.1) is 6.04 Å². The number of benzene rings is 2. The van der Waals surface area contributed by atoms with E-state index >= 15 is 0 Å². The lowest BCUT2D eigenvalue weighted by atomic mass is 10.1. The third-order valence-electron chi connectivity index (χ3n) is 4.49. The molecule has 1 aromatic heterocycles. The molecule has 4 rings (SSSR count). The van der Waals surface area contributed by atoms with Crippen molar-refractivity contribution < 1.29 is 4.79 Å². The summed E-state index contributed by atoms with van der Waals surface area (Å²) in [5.41, 5.74) is 2.85. The first-order valence-electron chi connectivity index (χ1n) is 7.92. The highest BCUT2D eigenvalue weighted by Crippen LogP contribution is 2.35. The summed E-state index contributed by atoms with van der Waals surface area (Å²) in [5, 5.41) is 9.13. The van der Waals surface area contributed by atoms with Gasteiger partial charge in [0.15, 0.2) is 0 Å². The van der Waals surface area contributed by atoms with Crippen LogP contribution in [0.4, 0.5) is 0 Å². The van der Waals surface area contributed by atoms with Crippen LogP contribution in [0.25, 0.3) is 11.0 Å². The van der Waals surface area contributed by atoms with Gasteiger partial charge in [-0.2, -0.15) is 15.0 Å². The van der Waals surface area contributed by atoms with Crippen molar-refractivity contribution in [2.24, 2.45) is 0 Å². The first kappa shape index (κ1) is 13.9. The second kappa shape index (κ2) is 5.50. The van der Waals surface area contributed by atoms with Crippen LogP contribution in [0, 0.1) is 0 Å². The molecule has 2 atom stereocenters. The molecule has 0 radical (unpaired) electrons. The molecule has 1 saturated heterocycles. The minimum Gasteiger partial charge on any atom is -0.312 e. The number of hydrogen-bond donors (Lipinski definition) is 0. The van der Waals surface area contributed by atoms with E-state index in [4.69, 9.17) is 0 Å². The van der Waals surface area contributed by atoms with Gasteiger partial charge < -0.3 is 4.90 Å². The number of aromatic nitrogens is 3. The fourth-order valence-corrected chi connectivity index (χ4v) is 3.29. The van der Waals surface area contributed by atoms with E-state index in [0.29, 0.717) is 6.42 Å². The van der Waals surface area contributed by atoms with Crippen LogP contribution in [0.2, 0.25) is 0 Å². The van der Waals surface area contributed by atoms with Crippen molar-refractivity contribution in [3.63, 3.8) is 0 Å². The molecule has 23 heavy (non-hydrogen) atoms. The Hall–Kier alpha value is -2.69. The van der Waals surface area contributed by atoms with E-state index in [-0.39, 0.29) is 18.1 Å². The van der Waals surface area contributed by atoms with Crippen LogP contribution in [0.15, 0.2) is 54.6 Å². The van der Waals surface area contributed by atoms with Crippen LogP contribution in [-0.4, -0.2) is 25.8 Å². The number of nitrogens with zero attached hydrogens (tertiary/aromatic N) is 4. The molecule has 1 amide bonds. The molecule has 1 aliphatic rings. The topological polar surface area (TPSA) is 51.0 Å². The van der Waals surface area contributed by atoms with Crippen molar-refractivity contribution in [2.45, 2.75) is 32.0 Å². The van der Waals surface area contributed by atoms with Crippen molar-refractivity contribution in [3.05, 3.63) is 60.2 Å².